The number of aromatic nitrogens is 2. The molecule has 67 heavy (non-hydrogen) atoms. The molecule has 3 aromatic carbocycles. The van der Waals surface area contributed by atoms with Gasteiger partial charge in [-0.1, -0.05) is 43.2 Å². The van der Waals surface area contributed by atoms with Crippen molar-refractivity contribution in [3.05, 3.63) is 117 Å². The number of H-pyrrole nitrogens is 1. The number of ether oxygens (including phenoxy) is 2. The number of benzene rings is 3. The third kappa shape index (κ3) is 10.8. The number of carbonyl (C=O) groups is 1. The molecule has 3 N–H and O–H groups in total. The number of carbonyl (C=O) groups excluding carboxylic acids is 1. The van der Waals surface area contributed by atoms with Gasteiger partial charge in [-0.15, -0.1) is 0 Å². The summed E-state index contributed by atoms with van der Waals surface area (Å²) < 4.78 is 42.5. The zero-order chi connectivity index (χ0) is 47.1. The highest BCUT2D eigenvalue weighted by Crippen LogP contribution is 2.44. The largest absolute Gasteiger partial charge is 0.493 e. The van der Waals surface area contributed by atoms with E-state index in [1.165, 1.54) is 29.0 Å². The zero-order valence-corrected chi connectivity index (χ0v) is 39.8. The molecule has 1 atom stereocenters. The van der Waals surface area contributed by atoms with Crippen molar-refractivity contribution in [3.63, 3.8) is 0 Å². The van der Waals surface area contributed by atoms with Crippen LogP contribution in [0.3, 0.4) is 0 Å². The van der Waals surface area contributed by atoms with Crippen molar-refractivity contribution < 1.29 is 32.7 Å². The summed E-state index contributed by atoms with van der Waals surface area (Å²) in [5, 5.41) is 24.3. The van der Waals surface area contributed by atoms with E-state index in [0.29, 0.717) is 49.3 Å². The highest BCUT2D eigenvalue weighted by Gasteiger charge is 2.34. The highest BCUT2D eigenvalue weighted by molar-refractivity contribution is 7.90. The second-order valence-corrected chi connectivity index (χ2v) is 21.8. The van der Waals surface area contributed by atoms with Crippen molar-refractivity contribution in [3.8, 4) is 17.2 Å². The normalized spacial score (nSPS) is 20.0. The van der Waals surface area contributed by atoms with Crippen LogP contribution in [-0.2, 0) is 16.4 Å². The molecule has 5 aromatic rings. The number of aromatic amines is 1. The Morgan fingerprint density at radius 2 is 1.76 bits per heavy atom. The third-order valence-electron chi connectivity index (χ3n) is 14.0. The number of piperazine rings is 1. The van der Waals surface area contributed by atoms with Gasteiger partial charge in [-0.3, -0.25) is 19.8 Å². The molecule has 2 fully saturated rings. The lowest BCUT2D eigenvalue weighted by Crippen LogP contribution is -2.47. The van der Waals surface area contributed by atoms with Gasteiger partial charge in [0.1, 0.15) is 22.9 Å². The third-order valence-corrected chi connectivity index (χ3v) is 15.6. The Morgan fingerprint density at radius 1 is 1.00 bits per heavy atom. The number of nitro groups is 1. The van der Waals surface area contributed by atoms with Gasteiger partial charge in [-0.05, 0) is 117 Å². The Kier molecular flexibility index (Phi) is 13.1. The molecule has 2 aromatic heterocycles. The van der Waals surface area contributed by atoms with Crippen LogP contribution in [0.25, 0.3) is 16.6 Å². The number of rotatable bonds is 13. The number of nitro benzene ring substituents is 1. The van der Waals surface area contributed by atoms with E-state index in [1.807, 2.05) is 25.1 Å². The van der Waals surface area contributed by atoms with Gasteiger partial charge in [-0.25, -0.2) is 18.1 Å². The number of fused-ring (bicyclic) bond motifs is 2. The number of nitrogens with zero attached hydrogens (tertiary/aromatic N) is 5. The minimum absolute atomic E-state index is 0.0183. The van der Waals surface area contributed by atoms with Gasteiger partial charge in [0.2, 0.25) is 0 Å². The molecule has 15 nitrogen and oxygen atoms in total. The summed E-state index contributed by atoms with van der Waals surface area (Å²) >= 11 is 6.25. The van der Waals surface area contributed by atoms with Crippen molar-refractivity contribution >= 4 is 55.5 Å². The Hall–Kier alpha value is -5.52. The lowest BCUT2D eigenvalue weighted by Gasteiger charge is -2.39. The van der Waals surface area contributed by atoms with Gasteiger partial charge in [0, 0.05) is 86.3 Å². The van der Waals surface area contributed by atoms with Crippen molar-refractivity contribution in [2.45, 2.75) is 76.2 Å². The molecule has 3 aliphatic heterocycles. The van der Waals surface area contributed by atoms with Gasteiger partial charge >= 0.3 is 0 Å². The van der Waals surface area contributed by atoms with Gasteiger partial charge in [-0.2, -0.15) is 0 Å². The predicted molar refractivity (Wildman–Crippen MR) is 259 cm³/mol. The number of sulfonamides is 1. The number of hydrogen-bond acceptors (Lipinski definition) is 12. The number of piperidine rings is 1. The van der Waals surface area contributed by atoms with Crippen LogP contribution in [0.2, 0.25) is 5.02 Å². The quantitative estimate of drug-likeness (QED) is 0.0756. The fraction of sp³-hybridized carbons (Fsp3) is 0.440. The second-order valence-electron chi connectivity index (χ2n) is 19.7. The predicted octanol–water partition coefficient (Wildman–Crippen LogP) is 8.61. The van der Waals surface area contributed by atoms with Crippen molar-refractivity contribution in [2.75, 3.05) is 63.9 Å². The van der Waals surface area contributed by atoms with E-state index >= 15 is 0 Å². The first kappa shape index (κ1) is 46.6. The van der Waals surface area contributed by atoms with Gasteiger partial charge < -0.3 is 29.4 Å². The van der Waals surface area contributed by atoms with Gasteiger partial charge in [0.25, 0.3) is 21.6 Å². The number of nitrogens with one attached hydrogen (secondary N) is 2. The van der Waals surface area contributed by atoms with Crippen molar-refractivity contribution in [2.24, 2.45) is 11.3 Å². The number of halogens is 1. The van der Waals surface area contributed by atoms with Gasteiger partial charge in [0.15, 0.2) is 0 Å². The topological polar surface area (TPSA) is 183 Å². The van der Waals surface area contributed by atoms with E-state index in [1.54, 1.807) is 30.5 Å². The molecule has 0 saturated carbocycles. The molecule has 0 unspecified atom stereocenters. The summed E-state index contributed by atoms with van der Waals surface area (Å²) in [6.45, 7) is 13.0. The Balaban J connectivity index is 0.917. The first-order valence-corrected chi connectivity index (χ1v) is 25.0. The summed E-state index contributed by atoms with van der Waals surface area (Å²) in [6, 6.07) is 19.1. The molecule has 9 rings (SSSR count). The fourth-order valence-electron chi connectivity index (χ4n) is 9.84. The van der Waals surface area contributed by atoms with Crippen LogP contribution in [0.1, 0.15) is 80.8 Å². The molecule has 4 aliphatic rings. The number of hydrogen-bond donors (Lipinski definition) is 3. The molecular formula is C50H58ClN7O8S. The lowest BCUT2D eigenvalue weighted by molar-refractivity contribution is -0.386. The maximum atomic E-state index is 14.1. The van der Waals surface area contributed by atoms with Crippen LogP contribution < -0.4 is 19.1 Å². The molecule has 0 radical (unpaired) electrons. The van der Waals surface area contributed by atoms with Crippen LogP contribution in [0.15, 0.2) is 89.6 Å². The van der Waals surface area contributed by atoms with E-state index in [0.717, 1.165) is 87.1 Å². The summed E-state index contributed by atoms with van der Waals surface area (Å²) in [5.41, 5.74) is 5.00. The maximum absolute atomic E-state index is 14.1. The summed E-state index contributed by atoms with van der Waals surface area (Å²) in [5.74, 6) is -0.419. The second kappa shape index (κ2) is 18.9. The molecule has 1 amide bonds. The zero-order valence-electron chi connectivity index (χ0n) is 38.2. The fourth-order valence-corrected chi connectivity index (χ4v) is 11.0. The molecule has 17 heteroatoms. The van der Waals surface area contributed by atoms with Crippen LogP contribution in [-0.4, -0.2) is 109 Å². The standard InChI is InChI=1S/C50H58ClN7O8S/c1-49(2)13-10-36(43(29-49)34-4-6-37(51)7-5-34)31-56-20-22-57(23-21-56)38-8-9-41(46(26-38)66-39-25-35-11-16-52-47(35)53-30-39)48(59)54-67(63,64)40-27-44(58(61)62)42-24-33(32-65-45(42)28-40)12-17-55-18-14-50(3,60)15-19-55/h4-9,11,16,25-28,30,33,60H,10,12-15,17-24,29,31-32H2,1-3H3,(H,52,53)(H,54,59)/t33-/m0/s1. The van der Waals surface area contributed by atoms with E-state index in [4.69, 9.17) is 21.1 Å². The van der Waals surface area contributed by atoms with Crippen molar-refractivity contribution in [1.82, 2.24) is 24.5 Å². The minimum Gasteiger partial charge on any atom is -0.493 e. The Labute approximate surface area is 396 Å². The molecule has 5 heterocycles. The molecule has 2 saturated heterocycles. The molecule has 0 spiro atoms. The summed E-state index contributed by atoms with van der Waals surface area (Å²) in [4.78, 5) is 39.9. The first-order chi connectivity index (χ1) is 32.0. The number of allylic oxidation sites excluding steroid dienone is 1. The van der Waals surface area contributed by atoms with Crippen LogP contribution >= 0.6 is 11.6 Å². The van der Waals surface area contributed by atoms with E-state index in [-0.39, 0.29) is 40.7 Å². The van der Waals surface area contributed by atoms with E-state index in [9.17, 15) is 28.4 Å². The van der Waals surface area contributed by atoms with E-state index < -0.39 is 31.4 Å². The Morgan fingerprint density at radius 3 is 2.51 bits per heavy atom. The maximum Gasteiger partial charge on any atom is 0.277 e. The summed E-state index contributed by atoms with van der Waals surface area (Å²) in [7, 11) is -4.64. The molecule has 1 aliphatic carbocycles. The minimum atomic E-state index is -4.64. The molecule has 0 bridgehead atoms. The average Bonchev–Trinajstić information content (AvgIpc) is 3.77. The lowest BCUT2D eigenvalue weighted by atomic mass is 9.72. The molecular weight excluding hydrogens is 894 g/mol. The number of amides is 1. The smallest absolute Gasteiger partial charge is 0.277 e. The molecule has 354 valence electrons. The monoisotopic (exact) mass is 951 g/mol. The van der Waals surface area contributed by atoms with Crippen LogP contribution in [0.4, 0.5) is 11.4 Å². The van der Waals surface area contributed by atoms with E-state index in [2.05, 4.69) is 55.4 Å². The highest BCUT2D eigenvalue weighted by atomic mass is 35.5. The number of likely N-dealkylation sites (tertiary alicyclic amines) is 1. The van der Waals surface area contributed by atoms with Crippen molar-refractivity contribution in [1.29, 1.82) is 0 Å². The number of aliphatic hydroxyl groups is 1. The Bertz CT molecular complexity index is 2810. The van der Waals surface area contributed by atoms with Crippen LogP contribution in [0.5, 0.6) is 17.2 Å². The summed E-state index contributed by atoms with van der Waals surface area (Å²) in [6.07, 6.45) is 8.90. The average molecular weight is 953 g/mol. The first-order valence-electron chi connectivity index (χ1n) is 23.1. The SMILES string of the molecule is CC1(C)CCC(CN2CCN(c3ccc(C(=O)NS(=O)(=O)c4cc5c(c([N+](=O)[O-])c4)C[C@H](CCN4CCC(C)(O)CC4)CO5)c(Oc4cnc5[nH]ccc5c4)c3)CC2)=C(c2ccc(Cl)cc2)C1. The van der Waals surface area contributed by atoms with Crippen LogP contribution in [0, 0.1) is 21.4 Å². The van der Waals surface area contributed by atoms with Gasteiger partial charge in [0.05, 0.1) is 39.4 Å². The number of anilines is 1. The number of pyridine rings is 1.